The molecule has 2 aromatic rings. The van der Waals surface area contributed by atoms with Crippen molar-refractivity contribution in [2.45, 2.75) is 64.7 Å². The van der Waals surface area contributed by atoms with Gasteiger partial charge < -0.3 is 20.7 Å². The van der Waals surface area contributed by atoms with Gasteiger partial charge in [-0.3, -0.25) is 18.6 Å². The Morgan fingerprint density at radius 1 is 1.32 bits per heavy atom. The first-order chi connectivity index (χ1) is 18.7. The van der Waals surface area contributed by atoms with E-state index < -0.39 is 61.2 Å². The van der Waals surface area contributed by atoms with Gasteiger partial charge in [0, 0.05) is 17.7 Å². The molecular weight excluding hydrogens is 566 g/mol. The highest BCUT2D eigenvalue weighted by molar-refractivity contribution is 8.13. The molecule has 0 bridgehead atoms. The van der Waals surface area contributed by atoms with Crippen molar-refractivity contribution in [1.82, 2.24) is 14.9 Å². The van der Waals surface area contributed by atoms with Crippen LogP contribution < -0.4 is 10.8 Å². The van der Waals surface area contributed by atoms with Crippen LogP contribution in [0.25, 0.3) is 0 Å². The molecule has 1 aliphatic heterocycles. The van der Waals surface area contributed by atoms with Crippen molar-refractivity contribution >= 4 is 30.5 Å². The average Bonchev–Trinajstić information content (AvgIpc) is 3.41. The minimum absolute atomic E-state index is 0.0168. The van der Waals surface area contributed by atoms with Gasteiger partial charge in [0.05, 0.1) is 19.4 Å². The first-order valence-electron chi connectivity index (χ1n) is 12.7. The molecule has 1 aliphatic rings. The summed E-state index contributed by atoms with van der Waals surface area (Å²) in [6.07, 6.45) is -2.75. The standard InChI is InChI=1S/C25H36FN4O8PS/c1-5-24(2,3)23(33)40-12-11-36-39(35,28-13-16-9-7-6-8-10-16)37-15-18-20(31)25(4,34)22(38-18)30-14-17(26)19(29-30)21(27)32/h6-10,14,18,20,22,31,34H,5,11-13,15H2,1-4H3,(H2,27,32)(H,28,35)/t18-,20?,22+,25+,39?/m1/s1. The second-order valence-electron chi connectivity index (χ2n) is 10.2. The highest BCUT2D eigenvalue weighted by atomic mass is 32.2. The summed E-state index contributed by atoms with van der Waals surface area (Å²) in [5, 5.41) is 28.1. The van der Waals surface area contributed by atoms with Crippen LogP contribution in [0.1, 0.15) is 56.4 Å². The van der Waals surface area contributed by atoms with Gasteiger partial charge in [0.1, 0.15) is 17.8 Å². The largest absolute Gasteiger partial charge is 0.405 e. The topological polar surface area (TPSA) is 175 Å². The number of rotatable bonds is 14. The van der Waals surface area contributed by atoms with E-state index in [9.17, 15) is 28.8 Å². The van der Waals surface area contributed by atoms with E-state index in [-0.39, 0.29) is 24.0 Å². The van der Waals surface area contributed by atoms with Gasteiger partial charge in [-0.05, 0) is 18.9 Å². The van der Waals surface area contributed by atoms with E-state index in [1.54, 1.807) is 0 Å². The van der Waals surface area contributed by atoms with Crippen LogP contribution in [0.2, 0.25) is 0 Å². The number of aliphatic hydroxyl groups excluding tert-OH is 1. The molecule has 5 N–H and O–H groups in total. The third-order valence-electron chi connectivity index (χ3n) is 6.66. The number of halogens is 1. The highest BCUT2D eigenvalue weighted by Crippen LogP contribution is 2.46. The molecule has 2 unspecified atom stereocenters. The number of carbonyl (C=O) groups excluding carboxylic acids is 2. The van der Waals surface area contributed by atoms with Crippen molar-refractivity contribution in [2.24, 2.45) is 11.1 Å². The van der Waals surface area contributed by atoms with Crippen LogP contribution >= 0.6 is 19.5 Å². The van der Waals surface area contributed by atoms with Crippen LogP contribution in [0.15, 0.2) is 36.5 Å². The molecule has 222 valence electrons. The van der Waals surface area contributed by atoms with Crippen LogP contribution in [-0.2, 0) is 29.7 Å². The second kappa shape index (κ2) is 13.2. The van der Waals surface area contributed by atoms with Crippen LogP contribution in [0.3, 0.4) is 0 Å². The number of nitrogens with one attached hydrogen (secondary N) is 1. The number of ether oxygens (including phenoxy) is 1. The third-order valence-corrected chi connectivity index (χ3v) is 9.40. The lowest BCUT2D eigenvalue weighted by Gasteiger charge is -2.26. The van der Waals surface area contributed by atoms with Crippen LogP contribution in [0.5, 0.6) is 0 Å². The van der Waals surface area contributed by atoms with Crippen molar-refractivity contribution in [3.63, 3.8) is 0 Å². The summed E-state index contributed by atoms with van der Waals surface area (Å²) < 4.78 is 45.4. The Bertz CT molecular complexity index is 1230. The fourth-order valence-electron chi connectivity index (χ4n) is 3.73. The van der Waals surface area contributed by atoms with Crippen LogP contribution in [0.4, 0.5) is 4.39 Å². The molecule has 5 atom stereocenters. The van der Waals surface area contributed by atoms with E-state index in [0.717, 1.165) is 28.2 Å². The Balaban J connectivity index is 1.68. The SMILES string of the molecule is CCC(C)(C)C(=O)SCCOP(=O)(NCc1ccccc1)OC[C@H]1O[C@H](n2cc(F)c(C(N)=O)n2)[C@@](C)(O)C1O. The fraction of sp³-hybridized carbons (Fsp3) is 0.560. The fourth-order valence-corrected chi connectivity index (χ4v) is 6.05. The zero-order valence-electron chi connectivity index (χ0n) is 22.8. The van der Waals surface area contributed by atoms with E-state index in [1.165, 1.54) is 6.92 Å². The average molecular weight is 603 g/mol. The Morgan fingerprint density at radius 3 is 2.60 bits per heavy atom. The van der Waals surface area contributed by atoms with Crippen LogP contribution in [-0.4, -0.2) is 67.8 Å². The molecule has 12 nitrogen and oxygen atoms in total. The summed E-state index contributed by atoms with van der Waals surface area (Å²) in [4.78, 5) is 23.8. The molecule has 1 fully saturated rings. The monoisotopic (exact) mass is 602 g/mol. The second-order valence-corrected chi connectivity index (χ2v) is 13.1. The first kappa shape index (κ1) is 32.4. The number of hydrogen-bond acceptors (Lipinski definition) is 10. The molecule has 15 heteroatoms. The minimum Gasteiger partial charge on any atom is -0.387 e. The van der Waals surface area contributed by atoms with Crippen molar-refractivity contribution in [3.05, 3.63) is 53.6 Å². The number of hydrogen-bond donors (Lipinski definition) is 4. The zero-order valence-corrected chi connectivity index (χ0v) is 24.5. The van der Waals surface area contributed by atoms with Crippen molar-refractivity contribution < 1.29 is 42.5 Å². The van der Waals surface area contributed by atoms with Crippen LogP contribution in [0, 0.1) is 11.2 Å². The molecule has 1 aromatic heterocycles. The van der Waals surface area contributed by atoms with E-state index in [1.807, 2.05) is 51.1 Å². The third kappa shape index (κ3) is 7.77. The number of nitrogens with two attached hydrogens (primary N) is 1. The highest BCUT2D eigenvalue weighted by Gasteiger charge is 2.54. The van der Waals surface area contributed by atoms with E-state index in [2.05, 4.69) is 10.2 Å². The number of aromatic nitrogens is 2. The number of carbonyl (C=O) groups is 2. The van der Waals surface area contributed by atoms with Gasteiger partial charge in [-0.1, -0.05) is 62.9 Å². The van der Waals surface area contributed by atoms with Gasteiger partial charge in [0.2, 0.25) is 0 Å². The van der Waals surface area contributed by atoms with E-state index in [4.69, 9.17) is 19.5 Å². The lowest BCUT2D eigenvalue weighted by atomic mass is 9.92. The van der Waals surface area contributed by atoms with Crippen molar-refractivity contribution in [3.8, 4) is 0 Å². The number of benzene rings is 1. The number of aliphatic hydroxyl groups is 2. The van der Waals surface area contributed by atoms with Crippen molar-refractivity contribution in [2.75, 3.05) is 19.0 Å². The molecule has 2 heterocycles. The van der Waals surface area contributed by atoms with Gasteiger partial charge in [0.25, 0.3) is 5.91 Å². The summed E-state index contributed by atoms with van der Waals surface area (Å²) in [6.45, 7) is 6.41. The molecule has 1 aromatic carbocycles. The Labute approximate surface area is 236 Å². The zero-order chi connectivity index (χ0) is 29.7. The molecular formula is C25H36FN4O8PS. The maximum atomic E-state index is 14.1. The molecule has 1 amide bonds. The molecule has 0 spiro atoms. The number of nitrogens with zero attached hydrogens (tertiary/aromatic N) is 2. The molecule has 1 saturated heterocycles. The molecule has 0 aliphatic carbocycles. The van der Waals surface area contributed by atoms with E-state index >= 15 is 0 Å². The molecule has 40 heavy (non-hydrogen) atoms. The molecule has 0 saturated carbocycles. The lowest BCUT2D eigenvalue weighted by Crippen LogP contribution is -2.44. The summed E-state index contributed by atoms with van der Waals surface area (Å²) in [5.41, 5.74) is 2.76. The van der Waals surface area contributed by atoms with Gasteiger partial charge in [0.15, 0.2) is 22.9 Å². The Hall–Kier alpha value is -2.16. The summed E-state index contributed by atoms with van der Waals surface area (Å²) in [5.74, 6) is -1.91. The predicted octanol–water partition coefficient (Wildman–Crippen LogP) is 2.76. The van der Waals surface area contributed by atoms with Gasteiger partial charge in [-0.2, -0.15) is 5.10 Å². The van der Waals surface area contributed by atoms with E-state index in [0.29, 0.717) is 6.42 Å². The lowest BCUT2D eigenvalue weighted by molar-refractivity contribution is -0.118. The first-order valence-corrected chi connectivity index (χ1v) is 15.2. The van der Waals surface area contributed by atoms with Gasteiger partial charge in [-0.25, -0.2) is 18.7 Å². The smallest absolute Gasteiger partial charge is 0.387 e. The quantitative estimate of drug-likeness (QED) is 0.185. The predicted molar refractivity (Wildman–Crippen MR) is 146 cm³/mol. The summed E-state index contributed by atoms with van der Waals surface area (Å²) >= 11 is 1.07. The number of thioether (sulfide) groups is 1. The van der Waals surface area contributed by atoms with Gasteiger partial charge in [-0.15, -0.1) is 0 Å². The maximum Gasteiger partial charge on any atom is 0.405 e. The minimum atomic E-state index is -4.01. The summed E-state index contributed by atoms with van der Waals surface area (Å²) in [6, 6.07) is 9.09. The summed E-state index contributed by atoms with van der Waals surface area (Å²) in [7, 11) is -4.01. The van der Waals surface area contributed by atoms with Crippen molar-refractivity contribution in [1.29, 1.82) is 0 Å². The Morgan fingerprint density at radius 2 is 2.00 bits per heavy atom. The molecule has 0 radical (unpaired) electrons. The molecule has 3 rings (SSSR count). The Kier molecular flexibility index (Phi) is 10.7. The number of amides is 1. The maximum absolute atomic E-state index is 14.1. The van der Waals surface area contributed by atoms with Gasteiger partial charge >= 0.3 is 7.75 Å². The number of primary amides is 1. The normalized spacial score (nSPS) is 24.6.